The van der Waals surface area contributed by atoms with Gasteiger partial charge in [-0.25, -0.2) is 4.79 Å². The van der Waals surface area contributed by atoms with E-state index in [1.54, 1.807) is 6.92 Å². The molecule has 1 aliphatic heterocycles. The lowest BCUT2D eigenvalue weighted by molar-refractivity contribution is -0.120. The van der Waals surface area contributed by atoms with Crippen molar-refractivity contribution >= 4 is 12.0 Å². The average molecular weight is 383 g/mol. The fourth-order valence-electron chi connectivity index (χ4n) is 4.26. The summed E-state index contributed by atoms with van der Waals surface area (Å²) in [5.74, 6) is 1.11. The molecule has 1 unspecified atom stereocenters. The van der Waals surface area contributed by atoms with Gasteiger partial charge in [-0.1, -0.05) is 20.8 Å². The number of nitrogens with zero attached hydrogens (tertiary/aromatic N) is 1. The molecule has 0 radical (unpaired) electrons. The summed E-state index contributed by atoms with van der Waals surface area (Å²) < 4.78 is 5.52. The Labute approximate surface area is 166 Å². The molecule has 1 heterocycles. The summed E-state index contributed by atoms with van der Waals surface area (Å²) in [6, 6.07) is 0. The average Bonchev–Trinajstić information content (AvgIpc) is 2.41. The Kier molecular flexibility index (Phi) is 7.78. The van der Waals surface area contributed by atoms with E-state index in [1.807, 2.05) is 25.7 Å². The number of ether oxygens (including phenoxy) is 1. The molecule has 0 aromatic rings. The number of carbonyl (C=O) groups excluding carboxylic acids is 2. The fraction of sp³-hybridized carbons (Fsp3) is 0.909. The van der Waals surface area contributed by atoms with Crippen LogP contribution in [0.2, 0.25) is 0 Å². The van der Waals surface area contributed by atoms with Gasteiger partial charge in [0.2, 0.25) is 5.91 Å². The van der Waals surface area contributed by atoms with Gasteiger partial charge in [-0.05, 0) is 77.6 Å². The van der Waals surface area contributed by atoms with E-state index in [-0.39, 0.29) is 23.0 Å². The summed E-state index contributed by atoms with van der Waals surface area (Å²) in [6.45, 7) is 19.9. The molecule has 0 saturated carbocycles. The van der Waals surface area contributed by atoms with Gasteiger partial charge in [0.25, 0.3) is 0 Å². The minimum Gasteiger partial charge on any atom is -0.444 e. The predicted molar refractivity (Wildman–Crippen MR) is 111 cm³/mol. The summed E-state index contributed by atoms with van der Waals surface area (Å²) in [4.78, 5) is 25.7. The van der Waals surface area contributed by atoms with E-state index in [9.17, 15) is 9.59 Å². The van der Waals surface area contributed by atoms with Crippen LogP contribution >= 0.6 is 0 Å². The molecule has 0 aliphatic carbocycles. The van der Waals surface area contributed by atoms with Gasteiger partial charge < -0.3 is 15.0 Å². The number of piperidine rings is 1. The van der Waals surface area contributed by atoms with E-state index in [2.05, 4.69) is 39.9 Å². The van der Waals surface area contributed by atoms with Gasteiger partial charge in [0.05, 0.1) is 0 Å². The highest BCUT2D eigenvalue weighted by molar-refractivity contribution is 5.73. The largest absolute Gasteiger partial charge is 0.444 e. The molecular weight excluding hydrogens is 340 g/mol. The minimum atomic E-state index is -0.453. The first-order valence-corrected chi connectivity index (χ1v) is 10.3. The highest BCUT2D eigenvalue weighted by Crippen LogP contribution is 2.38. The molecule has 158 valence electrons. The molecule has 1 atom stereocenters. The van der Waals surface area contributed by atoms with Crippen molar-refractivity contribution < 1.29 is 14.3 Å². The molecule has 1 aliphatic rings. The van der Waals surface area contributed by atoms with Crippen LogP contribution in [0.15, 0.2) is 0 Å². The molecule has 0 bridgehead atoms. The SMILES string of the molecule is CC(=O)NC(C)(C)CC(CC(C)(C)C)C1CCN(C(=O)OC(C)(C)C)CC1. The van der Waals surface area contributed by atoms with E-state index < -0.39 is 5.60 Å². The number of carbonyl (C=O) groups is 2. The van der Waals surface area contributed by atoms with Crippen LogP contribution < -0.4 is 5.32 Å². The molecule has 1 saturated heterocycles. The summed E-state index contributed by atoms with van der Waals surface area (Å²) >= 11 is 0. The van der Waals surface area contributed by atoms with Crippen molar-refractivity contribution in [1.29, 1.82) is 0 Å². The van der Waals surface area contributed by atoms with Crippen molar-refractivity contribution in [2.45, 2.75) is 99.1 Å². The van der Waals surface area contributed by atoms with Gasteiger partial charge >= 0.3 is 6.09 Å². The summed E-state index contributed by atoms with van der Waals surface area (Å²) in [5.41, 5.74) is -0.436. The Balaban J connectivity index is 2.76. The predicted octanol–water partition coefficient (Wildman–Crippen LogP) is 4.99. The zero-order valence-electron chi connectivity index (χ0n) is 19.1. The Morgan fingerprint density at radius 2 is 1.52 bits per heavy atom. The first-order chi connectivity index (χ1) is 12.1. The lowest BCUT2D eigenvalue weighted by Crippen LogP contribution is -2.47. The number of nitrogens with one attached hydrogen (secondary N) is 1. The van der Waals surface area contributed by atoms with Crippen LogP contribution in [0.4, 0.5) is 4.79 Å². The number of rotatable bonds is 5. The van der Waals surface area contributed by atoms with Gasteiger partial charge in [-0.3, -0.25) is 4.79 Å². The molecule has 27 heavy (non-hydrogen) atoms. The Morgan fingerprint density at radius 1 is 1.00 bits per heavy atom. The third kappa shape index (κ3) is 9.48. The van der Waals surface area contributed by atoms with Crippen molar-refractivity contribution in [2.75, 3.05) is 13.1 Å². The molecule has 5 nitrogen and oxygen atoms in total. The van der Waals surface area contributed by atoms with Crippen LogP contribution in [0.3, 0.4) is 0 Å². The van der Waals surface area contributed by atoms with Crippen molar-refractivity contribution in [3.63, 3.8) is 0 Å². The topological polar surface area (TPSA) is 58.6 Å². The molecular formula is C22H42N2O3. The van der Waals surface area contributed by atoms with Crippen molar-refractivity contribution in [3.05, 3.63) is 0 Å². The van der Waals surface area contributed by atoms with Gasteiger partial charge in [-0.2, -0.15) is 0 Å². The molecule has 2 amide bonds. The van der Waals surface area contributed by atoms with Gasteiger partial charge in [0, 0.05) is 25.6 Å². The minimum absolute atomic E-state index is 0.0225. The third-order valence-corrected chi connectivity index (χ3v) is 5.02. The van der Waals surface area contributed by atoms with Crippen molar-refractivity contribution in [1.82, 2.24) is 10.2 Å². The van der Waals surface area contributed by atoms with Crippen LogP contribution in [0.1, 0.15) is 88.0 Å². The number of likely N-dealkylation sites (tertiary alicyclic amines) is 1. The van der Waals surface area contributed by atoms with Gasteiger partial charge in [0.1, 0.15) is 5.60 Å². The lowest BCUT2D eigenvalue weighted by atomic mass is 9.70. The number of hydrogen-bond donors (Lipinski definition) is 1. The highest BCUT2D eigenvalue weighted by Gasteiger charge is 2.35. The van der Waals surface area contributed by atoms with Crippen LogP contribution in [0.25, 0.3) is 0 Å². The molecule has 0 spiro atoms. The molecule has 1 fully saturated rings. The van der Waals surface area contributed by atoms with E-state index in [4.69, 9.17) is 4.74 Å². The molecule has 5 heteroatoms. The highest BCUT2D eigenvalue weighted by atomic mass is 16.6. The number of amides is 2. The van der Waals surface area contributed by atoms with E-state index >= 15 is 0 Å². The van der Waals surface area contributed by atoms with Crippen LogP contribution in [0.5, 0.6) is 0 Å². The maximum atomic E-state index is 12.3. The summed E-state index contributed by atoms with van der Waals surface area (Å²) in [6.07, 6.45) is 3.87. The maximum Gasteiger partial charge on any atom is 0.410 e. The molecule has 0 aromatic carbocycles. The second-order valence-corrected chi connectivity index (χ2v) is 11.1. The monoisotopic (exact) mass is 382 g/mol. The maximum absolute atomic E-state index is 12.3. The van der Waals surface area contributed by atoms with Crippen LogP contribution in [-0.4, -0.2) is 41.1 Å². The van der Waals surface area contributed by atoms with Gasteiger partial charge in [0.15, 0.2) is 0 Å². The molecule has 1 N–H and O–H groups in total. The normalized spacial score (nSPS) is 18.2. The van der Waals surface area contributed by atoms with Crippen molar-refractivity contribution in [2.24, 2.45) is 17.3 Å². The van der Waals surface area contributed by atoms with E-state index in [1.165, 1.54) is 0 Å². The molecule has 1 rings (SSSR count). The Morgan fingerprint density at radius 3 is 1.93 bits per heavy atom. The van der Waals surface area contributed by atoms with Crippen LogP contribution in [0, 0.1) is 17.3 Å². The Hall–Kier alpha value is -1.26. The lowest BCUT2D eigenvalue weighted by Gasteiger charge is -2.41. The quantitative estimate of drug-likeness (QED) is 0.728. The standard InChI is InChI=1S/C22H42N2O3/c1-16(25)23-22(8,9)15-18(14-20(2,3)4)17-10-12-24(13-11-17)19(26)27-21(5,6)7/h17-18H,10-15H2,1-9H3,(H,23,25). The second kappa shape index (κ2) is 8.83. The second-order valence-electron chi connectivity index (χ2n) is 11.1. The Bertz CT molecular complexity index is 507. The van der Waals surface area contributed by atoms with Crippen molar-refractivity contribution in [3.8, 4) is 0 Å². The zero-order chi connectivity index (χ0) is 21.0. The first kappa shape index (κ1) is 23.8. The smallest absolute Gasteiger partial charge is 0.410 e. The summed E-state index contributed by atoms with van der Waals surface area (Å²) in [7, 11) is 0. The molecule has 0 aromatic heterocycles. The van der Waals surface area contributed by atoms with Crippen LogP contribution in [-0.2, 0) is 9.53 Å². The fourth-order valence-corrected chi connectivity index (χ4v) is 4.26. The number of hydrogen-bond acceptors (Lipinski definition) is 3. The first-order valence-electron chi connectivity index (χ1n) is 10.3. The van der Waals surface area contributed by atoms with E-state index in [0.717, 1.165) is 38.8 Å². The summed E-state index contributed by atoms with van der Waals surface area (Å²) in [5, 5.41) is 3.10. The van der Waals surface area contributed by atoms with Gasteiger partial charge in [-0.15, -0.1) is 0 Å². The van der Waals surface area contributed by atoms with E-state index in [0.29, 0.717) is 11.8 Å². The zero-order valence-corrected chi connectivity index (χ0v) is 19.1. The third-order valence-electron chi connectivity index (χ3n) is 5.02.